The van der Waals surface area contributed by atoms with E-state index in [1.807, 2.05) is 0 Å². The van der Waals surface area contributed by atoms with Gasteiger partial charge < -0.3 is 5.73 Å². The third-order valence-electron chi connectivity index (χ3n) is 0.589. The average molecular weight is 193 g/mol. The van der Waals surface area contributed by atoms with Crippen molar-refractivity contribution in [2.45, 2.75) is 6.36 Å². The molecule has 0 radical (unpaired) electrons. The van der Waals surface area contributed by atoms with Gasteiger partial charge in [0.25, 0.3) is 10.1 Å². The molecule has 0 unspecified atom stereocenters. The third-order valence-corrected chi connectivity index (χ3v) is 1.77. The third kappa shape index (κ3) is 6.07. The fourth-order valence-electron chi connectivity index (χ4n) is 0.330. The van der Waals surface area contributed by atoms with Gasteiger partial charge in [-0.3, -0.25) is 0 Å². The fraction of sp³-hybridized carbons (Fsp3) is 1.00. The Balaban J connectivity index is 4.15. The zero-order valence-corrected chi connectivity index (χ0v) is 6.07. The van der Waals surface area contributed by atoms with E-state index in [1.54, 1.807) is 0 Å². The monoisotopic (exact) mass is 193 g/mol. The molecule has 0 rings (SSSR count). The molecule has 0 atom stereocenters. The lowest BCUT2D eigenvalue weighted by atomic mass is 10.8. The van der Waals surface area contributed by atoms with Gasteiger partial charge in [-0.25, -0.2) is 0 Å². The zero-order chi connectivity index (χ0) is 9.12. The standard InChI is InChI=1S/C3H6F3NO3S/c4-3(5,6)10-11(8,9)2-1-7/h1-2,7H2. The molecule has 0 spiro atoms. The van der Waals surface area contributed by atoms with Gasteiger partial charge in [0.2, 0.25) is 0 Å². The highest BCUT2D eigenvalue weighted by molar-refractivity contribution is 7.86. The van der Waals surface area contributed by atoms with Crippen LogP contribution in [0.25, 0.3) is 0 Å². The van der Waals surface area contributed by atoms with Gasteiger partial charge in [-0.15, -0.1) is 13.2 Å². The molecule has 0 aromatic carbocycles. The average Bonchev–Trinajstić information content (AvgIpc) is 1.55. The molecule has 0 fully saturated rings. The first-order valence-corrected chi connectivity index (χ1v) is 4.05. The van der Waals surface area contributed by atoms with Gasteiger partial charge >= 0.3 is 6.36 Å². The molecule has 0 aliphatic carbocycles. The molecule has 0 aliphatic rings. The maximum absolute atomic E-state index is 11.2. The van der Waals surface area contributed by atoms with Gasteiger partial charge in [-0.2, -0.15) is 12.6 Å². The molecule has 4 nitrogen and oxygen atoms in total. The van der Waals surface area contributed by atoms with Crippen molar-refractivity contribution in [2.75, 3.05) is 12.3 Å². The van der Waals surface area contributed by atoms with Gasteiger partial charge in [0.1, 0.15) is 0 Å². The summed E-state index contributed by atoms with van der Waals surface area (Å²) >= 11 is 0. The first-order chi connectivity index (χ1) is 4.77. The van der Waals surface area contributed by atoms with Gasteiger partial charge in [0, 0.05) is 6.54 Å². The van der Waals surface area contributed by atoms with E-state index in [4.69, 9.17) is 5.73 Å². The molecule has 0 aromatic heterocycles. The van der Waals surface area contributed by atoms with Crippen LogP contribution in [0.5, 0.6) is 0 Å². The van der Waals surface area contributed by atoms with E-state index in [2.05, 4.69) is 4.18 Å². The normalized spacial score (nSPS) is 13.5. The summed E-state index contributed by atoms with van der Waals surface area (Å²) in [5, 5.41) is 0. The minimum Gasteiger partial charge on any atom is -0.329 e. The lowest BCUT2D eigenvalue weighted by Gasteiger charge is -2.05. The lowest BCUT2D eigenvalue weighted by Crippen LogP contribution is -2.25. The Hall–Kier alpha value is -0.340. The van der Waals surface area contributed by atoms with Crippen LogP contribution >= 0.6 is 0 Å². The van der Waals surface area contributed by atoms with Crippen LogP contribution in [-0.4, -0.2) is 27.1 Å². The smallest absolute Gasteiger partial charge is 0.329 e. The summed E-state index contributed by atoms with van der Waals surface area (Å²) in [6, 6.07) is 0. The van der Waals surface area contributed by atoms with Crippen LogP contribution in [0.4, 0.5) is 13.2 Å². The maximum Gasteiger partial charge on any atom is 0.537 e. The Bertz CT molecular complexity index is 208. The number of hydrogen-bond acceptors (Lipinski definition) is 4. The first-order valence-electron chi connectivity index (χ1n) is 2.47. The Morgan fingerprint density at radius 3 is 2.09 bits per heavy atom. The Morgan fingerprint density at radius 1 is 1.36 bits per heavy atom. The predicted molar refractivity (Wildman–Crippen MR) is 30.0 cm³/mol. The highest BCUT2D eigenvalue weighted by Gasteiger charge is 2.36. The molecular weight excluding hydrogens is 187 g/mol. The fourth-order valence-corrected chi connectivity index (χ4v) is 0.990. The van der Waals surface area contributed by atoms with Crippen molar-refractivity contribution in [2.24, 2.45) is 5.73 Å². The molecule has 0 saturated heterocycles. The topological polar surface area (TPSA) is 69.4 Å². The molecule has 0 aromatic rings. The summed E-state index contributed by atoms with van der Waals surface area (Å²) in [7, 11) is -4.54. The number of halogens is 3. The minimum atomic E-state index is -5.16. The molecular formula is C3H6F3NO3S. The Morgan fingerprint density at radius 2 is 1.82 bits per heavy atom. The van der Waals surface area contributed by atoms with E-state index in [1.165, 1.54) is 0 Å². The van der Waals surface area contributed by atoms with E-state index < -0.39 is 28.8 Å². The highest BCUT2D eigenvalue weighted by atomic mass is 32.2. The second-order valence-electron chi connectivity index (χ2n) is 1.58. The zero-order valence-electron chi connectivity index (χ0n) is 5.26. The van der Waals surface area contributed by atoms with Crippen LogP contribution in [0.15, 0.2) is 0 Å². The largest absolute Gasteiger partial charge is 0.537 e. The molecule has 8 heteroatoms. The molecule has 0 bridgehead atoms. The summed E-state index contributed by atoms with van der Waals surface area (Å²) in [6.07, 6.45) is -5.16. The minimum absolute atomic E-state index is 0.404. The molecule has 68 valence electrons. The Kier molecular flexibility index (Phi) is 3.27. The van der Waals surface area contributed by atoms with Crippen LogP contribution in [0.3, 0.4) is 0 Å². The number of nitrogens with two attached hydrogens (primary N) is 1. The maximum atomic E-state index is 11.2. The van der Waals surface area contributed by atoms with Crippen molar-refractivity contribution in [1.82, 2.24) is 0 Å². The lowest BCUT2D eigenvalue weighted by molar-refractivity contribution is -0.271. The molecule has 11 heavy (non-hydrogen) atoms. The van der Waals surface area contributed by atoms with Crippen molar-refractivity contribution >= 4 is 10.1 Å². The van der Waals surface area contributed by atoms with E-state index in [9.17, 15) is 21.6 Å². The van der Waals surface area contributed by atoms with Crippen molar-refractivity contribution < 1.29 is 25.8 Å². The van der Waals surface area contributed by atoms with E-state index in [-0.39, 0.29) is 0 Å². The number of hydrogen-bond donors (Lipinski definition) is 1. The SMILES string of the molecule is NCCS(=O)(=O)OC(F)(F)F. The molecule has 0 amide bonds. The van der Waals surface area contributed by atoms with Crippen LogP contribution in [0, 0.1) is 0 Å². The second-order valence-corrected chi connectivity index (χ2v) is 3.27. The quantitative estimate of drug-likeness (QED) is 0.631. The predicted octanol–water partition coefficient (Wildman–Crippen LogP) is -0.189. The molecule has 0 heterocycles. The summed E-state index contributed by atoms with van der Waals surface area (Å²) in [6.45, 7) is -0.404. The Labute approximate surface area is 61.3 Å². The van der Waals surface area contributed by atoms with E-state index in [0.29, 0.717) is 0 Å². The van der Waals surface area contributed by atoms with Gasteiger partial charge in [0.05, 0.1) is 5.75 Å². The van der Waals surface area contributed by atoms with Gasteiger partial charge in [0.15, 0.2) is 0 Å². The van der Waals surface area contributed by atoms with Crippen molar-refractivity contribution in [1.29, 1.82) is 0 Å². The first kappa shape index (κ1) is 10.7. The molecule has 0 aliphatic heterocycles. The molecule has 2 N–H and O–H groups in total. The highest BCUT2D eigenvalue weighted by Crippen LogP contribution is 2.19. The second kappa shape index (κ2) is 3.37. The van der Waals surface area contributed by atoms with Crippen molar-refractivity contribution in [3.8, 4) is 0 Å². The van der Waals surface area contributed by atoms with Crippen molar-refractivity contribution in [3.05, 3.63) is 0 Å². The van der Waals surface area contributed by atoms with Crippen LogP contribution in [0.1, 0.15) is 0 Å². The summed E-state index contributed by atoms with van der Waals surface area (Å²) in [4.78, 5) is 0. The summed E-state index contributed by atoms with van der Waals surface area (Å²) in [5.74, 6) is -0.841. The van der Waals surface area contributed by atoms with Crippen molar-refractivity contribution in [3.63, 3.8) is 0 Å². The van der Waals surface area contributed by atoms with E-state index in [0.717, 1.165) is 0 Å². The number of alkyl halides is 3. The van der Waals surface area contributed by atoms with E-state index >= 15 is 0 Å². The van der Waals surface area contributed by atoms with Crippen LogP contribution in [0.2, 0.25) is 0 Å². The summed E-state index contributed by atoms with van der Waals surface area (Å²) < 4.78 is 56.9. The van der Waals surface area contributed by atoms with Gasteiger partial charge in [-0.1, -0.05) is 0 Å². The summed E-state index contributed by atoms with van der Waals surface area (Å²) in [5.41, 5.74) is 4.71. The van der Waals surface area contributed by atoms with Gasteiger partial charge in [-0.05, 0) is 0 Å². The molecule has 0 saturated carbocycles. The van der Waals surface area contributed by atoms with Crippen LogP contribution in [-0.2, 0) is 14.3 Å². The number of rotatable bonds is 3. The van der Waals surface area contributed by atoms with Crippen LogP contribution < -0.4 is 5.73 Å².